The largest absolute Gasteiger partial charge is 0.480 e. The molecule has 0 aliphatic carbocycles. The second-order valence-corrected chi connectivity index (χ2v) is 5.51. The lowest BCUT2D eigenvalue weighted by atomic mass is 10.3. The molecule has 1 unspecified atom stereocenters. The van der Waals surface area contributed by atoms with E-state index in [9.17, 15) is 0 Å². The van der Waals surface area contributed by atoms with Gasteiger partial charge in [0.15, 0.2) is 4.96 Å². The third-order valence-electron chi connectivity index (χ3n) is 3.16. The van der Waals surface area contributed by atoms with Crippen molar-refractivity contribution in [3.05, 3.63) is 35.7 Å². The topological polar surface area (TPSA) is 56.4 Å². The number of fused-ring (bicyclic) bond motifs is 1. The number of aromatic nitrogens is 4. The molecule has 0 amide bonds. The molecule has 0 aromatic carbocycles. The molecule has 0 spiro atoms. The molecule has 0 saturated carbocycles. The maximum atomic E-state index is 5.34. The Morgan fingerprint density at radius 3 is 3.10 bits per heavy atom. The molecule has 1 atom stereocenters. The van der Waals surface area contributed by atoms with Crippen molar-refractivity contribution in [2.24, 2.45) is 0 Å². The number of hydrogen-bond donors (Lipinski definition) is 1. The molecular weight excluding hydrogens is 274 g/mol. The van der Waals surface area contributed by atoms with Gasteiger partial charge in [0.05, 0.1) is 13.7 Å². The molecule has 3 rings (SSSR count). The average Bonchev–Trinajstić information content (AvgIpc) is 3.12. The Hall–Kier alpha value is -1.86. The summed E-state index contributed by atoms with van der Waals surface area (Å²) in [5, 5.41) is 9.72. The van der Waals surface area contributed by atoms with Crippen molar-refractivity contribution in [1.29, 1.82) is 0 Å². The van der Waals surface area contributed by atoms with Crippen LogP contribution in [0.5, 0.6) is 5.88 Å². The SMILES string of the molecule is COc1nc2sccn2c1CNC(C)Cn1cccn1. The minimum absolute atomic E-state index is 0.309. The summed E-state index contributed by atoms with van der Waals surface area (Å²) in [7, 11) is 1.66. The van der Waals surface area contributed by atoms with Crippen molar-refractivity contribution in [1.82, 2.24) is 24.5 Å². The van der Waals surface area contributed by atoms with Gasteiger partial charge < -0.3 is 10.1 Å². The average molecular weight is 291 g/mol. The Morgan fingerprint density at radius 1 is 1.45 bits per heavy atom. The number of nitrogens with one attached hydrogen (secondary N) is 1. The first-order valence-corrected chi connectivity index (χ1v) is 7.35. The highest BCUT2D eigenvalue weighted by atomic mass is 32.1. The standard InChI is InChI=1S/C13H17N5OS/c1-10(9-17-5-3-4-15-17)14-8-11-12(19-2)16-13-18(11)6-7-20-13/h3-7,10,14H,8-9H2,1-2H3. The van der Waals surface area contributed by atoms with E-state index < -0.39 is 0 Å². The van der Waals surface area contributed by atoms with Crippen LogP contribution in [0.2, 0.25) is 0 Å². The fourth-order valence-electron chi connectivity index (χ4n) is 2.16. The number of rotatable bonds is 6. The van der Waals surface area contributed by atoms with Gasteiger partial charge >= 0.3 is 0 Å². The second kappa shape index (κ2) is 5.64. The number of methoxy groups -OCH3 is 1. The zero-order valence-corrected chi connectivity index (χ0v) is 12.3. The summed E-state index contributed by atoms with van der Waals surface area (Å²) in [6.07, 6.45) is 5.78. The van der Waals surface area contributed by atoms with Crippen LogP contribution in [0, 0.1) is 0 Å². The zero-order valence-electron chi connectivity index (χ0n) is 11.5. The lowest BCUT2D eigenvalue weighted by Gasteiger charge is -2.14. The van der Waals surface area contributed by atoms with Crippen molar-refractivity contribution in [2.75, 3.05) is 7.11 Å². The molecule has 6 nitrogen and oxygen atoms in total. The lowest BCUT2D eigenvalue weighted by molar-refractivity contribution is 0.387. The summed E-state index contributed by atoms with van der Waals surface area (Å²) in [5.41, 5.74) is 1.05. The fraction of sp³-hybridized carbons (Fsp3) is 0.385. The van der Waals surface area contributed by atoms with Gasteiger partial charge in [-0.1, -0.05) is 0 Å². The van der Waals surface area contributed by atoms with E-state index in [4.69, 9.17) is 4.74 Å². The van der Waals surface area contributed by atoms with Crippen LogP contribution in [0.15, 0.2) is 30.0 Å². The van der Waals surface area contributed by atoms with Crippen LogP contribution in [0.25, 0.3) is 4.96 Å². The van der Waals surface area contributed by atoms with Gasteiger partial charge in [-0.2, -0.15) is 10.1 Å². The summed E-state index contributed by atoms with van der Waals surface area (Å²) in [5.74, 6) is 0.690. The van der Waals surface area contributed by atoms with E-state index in [0.29, 0.717) is 18.5 Å². The first-order chi connectivity index (χ1) is 9.78. The zero-order chi connectivity index (χ0) is 13.9. The van der Waals surface area contributed by atoms with Crippen LogP contribution in [0.3, 0.4) is 0 Å². The highest BCUT2D eigenvalue weighted by molar-refractivity contribution is 7.15. The maximum absolute atomic E-state index is 5.34. The fourth-order valence-corrected chi connectivity index (χ4v) is 2.89. The predicted octanol–water partition coefficient (Wildman–Crippen LogP) is 1.78. The van der Waals surface area contributed by atoms with Crippen molar-refractivity contribution in [2.45, 2.75) is 26.1 Å². The minimum atomic E-state index is 0.309. The third-order valence-corrected chi connectivity index (χ3v) is 3.91. The number of ether oxygens (including phenoxy) is 1. The molecule has 0 aliphatic rings. The molecular formula is C13H17N5OS. The summed E-state index contributed by atoms with van der Waals surface area (Å²) >= 11 is 1.61. The lowest BCUT2D eigenvalue weighted by Crippen LogP contribution is -2.30. The van der Waals surface area contributed by atoms with E-state index >= 15 is 0 Å². The monoisotopic (exact) mass is 291 g/mol. The van der Waals surface area contributed by atoms with Gasteiger partial charge in [-0.15, -0.1) is 11.3 Å². The van der Waals surface area contributed by atoms with Gasteiger partial charge in [0, 0.05) is 36.6 Å². The van der Waals surface area contributed by atoms with E-state index in [2.05, 4.69) is 26.7 Å². The Kier molecular flexibility index (Phi) is 3.70. The van der Waals surface area contributed by atoms with E-state index in [-0.39, 0.29) is 0 Å². The molecule has 3 aromatic heterocycles. The molecule has 0 radical (unpaired) electrons. The van der Waals surface area contributed by atoms with Crippen LogP contribution < -0.4 is 10.1 Å². The molecule has 0 saturated heterocycles. The van der Waals surface area contributed by atoms with Crippen LogP contribution in [0.4, 0.5) is 0 Å². The van der Waals surface area contributed by atoms with Crippen molar-refractivity contribution in [3.8, 4) is 5.88 Å². The van der Waals surface area contributed by atoms with Gasteiger partial charge in [-0.05, 0) is 13.0 Å². The molecule has 0 aliphatic heterocycles. The maximum Gasteiger partial charge on any atom is 0.237 e. The normalized spacial score (nSPS) is 12.9. The summed E-state index contributed by atoms with van der Waals surface area (Å²) in [4.78, 5) is 5.40. The van der Waals surface area contributed by atoms with E-state index in [0.717, 1.165) is 17.2 Å². The van der Waals surface area contributed by atoms with Crippen molar-refractivity contribution >= 4 is 16.3 Å². The Labute approximate surface area is 121 Å². The Bertz CT molecular complexity index is 672. The number of nitrogens with zero attached hydrogens (tertiary/aromatic N) is 4. The first kappa shape index (κ1) is 13.1. The van der Waals surface area contributed by atoms with Gasteiger partial charge in [0.2, 0.25) is 5.88 Å². The van der Waals surface area contributed by atoms with Crippen LogP contribution in [0.1, 0.15) is 12.6 Å². The van der Waals surface area contributed by atoms with Gasteiger partial charge in [0.25, 0.3) is 0 Å². The van der Waals surface area contributed by atoms with Crippen LogP contribution >= 0.6 is 11.3 Å². The summed E-state index contributed by atoms with van der Waals surface area (Å²) in [6.45, 7) is 3.68. The minimum Gasteiger partial charge on any atom is -0.480 e. The van der Waals surface area contributed by atoms with Crippen molar-refractivity contribution in [3.63, 3.8) is 0 Å². The van der Waals surface area contributed by atoms with Gasteiger partial charge in [0.1, 0.15) is 5.69 Å². The second-order valence-electron chi connectivity index (χ2n) is 4.63. The third kappa shape index (κ3) is 2.54. The van der Waals surface area contributed by atoms with E-state index in [1.807, 2.05) is 28.5 Å². The summed E-state index contributed by atoms with van der Waals surface area (Å²) in [6, 6.07) is 2.24. The highest BCUT2D eigenvalue weighted by Gasteiger charge is 2.14. The number of thiazole rings is 1. The van der Waals surface area contributed by atoms with Gasteiger partial charge in [-0.25, -0.2) is 0 Å². The molecule has 20 heavy (non-hydrogen) atoms. The molecule has 106 valence electrons. The van der Waals surface area contributed by atoms with Gasteiger partial charge in [-0.3, -0.25) is 9.08 Å². The molecule has 1 N–H and O–H groups in total. The number of hydrogen-bond acceptors (Lipinski definition) is 5. The van der Waals surface area contributed by atoms with E-state index in [1.165, 1.54) is 0 Å². The molecule has 3 aromatic rings. The van der Waals surface area contributed by atoms with Crippen LogP contribution in [-0.4, -0.2) is 32.3 Å². The van der Waals surface area contributed by atoms with E-state index in [1.54, 1.807) is 24.6 Å². The number of imidazole rings is 1. The molecule has 3 heterocycles. The first-order valence-electron chi connectivity index (χ1n) is 6.47. The van der Waals surface area contributed by atoms with Crippen molar-refractivity contribution < 1.29 is 4.74 Å². The Balaban J connectivity index is 1.68. The smallest absolute Gasteiger partial charge is 0.237 e. The molecule has 7 heteroatoms. The molecule has 0 bridgehead atoms. The molecule has 0 fully saturated rings. The predicted molar refractivity (Wildman–Crippen MR) is 78.1 cm³/mol. The van der Waals surface area contributed by atoms with Crippen LogP contribution in [-0.2, 0) is 13.1 Å². The quantitative estimate of drug-likeness (QED) is 0.752. The highest BCUT2D eigenvalue weighted by Crippen LogP contribution is 2.22. The Morgan fingerprint density at radius 2 is 2.35 bits per heavy atom. The summed E-state index contributed by atoms with van der Waals surface area (Å²) < 4.78 is 9.33.